The van der Waals surface area contributed by atoms with Crippen LogP contribution in [0.4, 0.5) is 9.18 Å². The van der Waals surface area contributed by atoms with Gasteiger partial charge >= 0.3 is 6.09 Å². The minimum Gasteiger partial charge on any atom is -0.447 e. The van der Waals surface area contributed by atoms with Crippen molar-refractivity contribution in [1.82, 2.24) is 4.90 Å². The Morgan fingerprint density at radius 1 is 0.861 bits per heavy atom. The van der Waals surface area contributed by atoms with E-state index in [1.807, 2.05) is 30.3 Å². The number of unbranched alkanes of at least 4 members (excludes halogenated alkanes) is 12. The molecule has 204 valence electrons. The monoisotopic (exact) mass is 503 g/mol. The van der Waals surface area contributed by atoms with Crippen LogP contribution < -0.4 is 0 Å². The van der Waals surface area contributed by atoms with Gasteiger partial charge in [-0.3, -0.25) is 4.79 Å². The number of carbonyl (C=O) groups excluding carboxylic acids is 2. The summed E-state index contributed by atoms with van der Waals surface area (Å²) in [6.45, 7) is 4.56. The summed E-state index contributed by atoms with van der Waals surface area (Å²) in [5.74, 6) is -1.02. The molecule has 2 amide bonds. The fourth-order valence-electron chi connectivity index (χ4n) is 5.27. The SMILES string of the molecule is CCCCCCCCCC(CCCCCCCCC)[C@@H](F)C(=O)N1C(=O)OC[C@H]1Cc1ccccc1. The smallest absolute Gasteiger partial charge is 0.417 e. The van der Waals surface area contributed by atoms with E-state index in [0.29, 0.717) is 19.3 Å². The number of halogens is 1. The number of hydrogen-bond acceptors (Lipinski definition) is 3. The molecule has 0 N–H and O–H groups in total. The van der Waals surface area contributed by atoms with Gasteiger partial charge in [0.2, 0.25) is 0 Å². The van der Waals surface area contributed by atoms with E-state index in [4.69, 9.17) is 4.74 Å². The summed E-state index contributed by atoms with van der Waals surface area (Å²) < 4.78 is 20.9. The summed E-state index contributed by atoms with van der Waals surface area (Å²) in [7, 11) is 0. The van der Waals surface area contributed by atoms with E-state index in [0.717, 1.165) is 36.1 Å². The number of imide groups is 1. The van der Waals surface area contributed by atoms with Crippen molar-refractivity contribution in [3.63, 3.8) is 0 Å². The van der Waals surface area contributed by atoms with Crippen molar-refractivity contribution in [3.8, 4) is 0 Å². The third-order valence-corrected chi connectivity index (χ3v) is 7.52. The van der Waals surface area contributed by atoms with Crippen molar-refractivity contribution < 1.29 is 18.7 Å². The number of ether oxygens (including phenoxy) is 1. The molecule has 1 aliphatic rings. The lowest BCUT2D eigenvalue weighted by Crippen LogP contribution is -2.46. The normalized spacial score (nSPS) is 16.5. The molecule has 5 heteroatoms. The second kappa shape index (κ2) is 18.4. The maximum Gasteiger partial charge on any atom is 0.417 e. The zero-order valence-corrected chi connectivity index (χ0v) is 22.9. The summed E-state index contributed by atoms with van der Waals surface area (Å²) in [5.41, 5.74) is 1.01. The van der Waals surface area contributed by atoms with Crippen LogP contribution in [-0.4, -0.2) is 35.7 Å². The number of alkyl halides is 1. The Morgan fingerprint density at radius 3 is 1.89 bits per heavy atom. The second-order valence-electron chi connectivity index (χ2n) is 10.6. The number of nitrogens with zero attached hydrogens (tertiary/aromatic N) is 1. The number of hydrogen-bond donors (Lipinski definition) is 0. The molecular formula is C31H50FNO3. The predicted octanol–water partition coefficient (Wildman–Crippen LogP) is 8.81. The highest BCUT2D eigenvalue weighted by molar-refractivity contribution is 5.96. The molecule has 1 aliphatic heterocycles. The molecule has 0 unspecified atom stereocenters. The number of rotatable bonds is 20. The Kier molecular flexibility index (Phi) is 15.5. The van der Waals surface area contributed by atoms with Crippen LogP contribution >= 0.6 is 0 Å². The summed E-state index contributed by atoms with van der Waals surface area (Å²) in [6, 6.07) is 9.27. The van der Waals surface area contributed by atoms with Crippen LogP contribution in [0.1, 0.15) is 122 Å². The van der Waals surface area contributed by atoms with Crippen LogP contribution in [-0.2, 0) is 16.0 Å². The summed E-state index contributed by atoms with van der Waals surface area (Å²) in [4.78, 5) is 26.8. The van der Waals surface area contributed by atoms with Crippen molar-refractivity contribution in [2.45, 2.75) is 135 Å². The Hall–Kier alpha value is -1.91. The van der Waals surface area contributed by atoms with Crippen LogP contribution in [0, 0.1) is 5.92 Å². The van der Waals surface area contributed by atoms with Gasteiger partial charge in [0, 0.05) is 0 Å². The Bertz CT molecular complexity index is 708. The van der Waals surface area contributed by atoms with E-state index in [-0.39, 0.29) is 12.5 Å². The summed E-state index contributed by atoms with van der Waals surface area (Å²) in [5, 5.41) is 0. The van der Waals surface area contributed by atoms with Crippen molar-refractivity contribution in [2.24, 2.45) is 5.92 Å². The van der Waals surface area contributed by atoms with Crippen LogP contribution in [0.15, 0.2) is 30.3 Å². The second-order valence-corrected chi connectivity index (χ2v) is 10.6. The number of amides is 2. The molecule has 0 bridgehead atoms. The molecule has 0 spiro atoms. The third kappa shape index (κ3) is 11.0. The van der Waals surface area contributed by atoms with Gasteiger partial charge < -0.3 is 4.74 Å². The van der Waals surface area contributed by atoms with Gasteiger partial charge in [-0.1, -0.05) is 134 Å². The van der Waals surface area contributed by atoms with Gasteiger partial charge in [-0.25, -0.2) is 14.1 Å². The molecule has 2 atom stereocenters. The van der Waals surface area contributed by atoms with Gasteiger partial charge in [-0.05, 0) is 30.7 Å². The molecule has 36 heavy (non-hydrogen) atoms. The molecule has 4 nitrogen and oxygen atoms in total. The lowest BCUT2D eigenvalue weighted by Gasteiger charge is -2.26. The molecular weight excluding hydrogens is 453 g/mol. The van der Waals surface area contributed by atoms with Crippen LogP contribution in [0.5, 0.6) is 0 Å². The van der Waals surface area contributed by atoms with E-state index in [1.165, 1.54) is 64.2 Å². The van der Waals surface area contributed by atoms with Crippen LogP contribution in [0.3, 0.4) is 0 Å². The van der Waals surface area contributed by atoms with E-state index < -0.39 is 24.2 Å². The summed E-state index contributed by atoms with van der Waals surface area (Å²) >= 11 is 0. The average molecular weight is 504 g/mol. The molecule has 1 aromatic rings. The maximum absolute atomic E-state index is 15.8. The highest BCUT2D eigenvalue weighted by Gasteiger charge is 2.43. The van der Waals surface area contributed by atoms with Gasteiger partial charge in [0.1, 0.15) is 6.61 Å². The number of cyclic esters (lactones) is 1. The molecule has 1 heterocycles. The minimum atomic E-state index is -1.64. The van der Waals surface area contributed by atoms with E-state index in [2.05, 4.69) is 13.8 Å². The fourth-order valence-corrected chi connectivity index (χ4v) is 5.27. The first-order valence-electron chi connectivity index (χ1n) is 14.8. The minimum absolute atomic E-state index is 0.131. The zero-order valence-electron chi connectivity index (χ0n) is 22.9. The average Bonchev–Trinajstić information content (AvgIpc) is 3.25. The lowest BCUT2D eigenvalue weighted by atomic mass is 9.89. The molecule has 1 fully saturated rings. The number of benzene rings is 1. The van der Waals surface area contributed by atoms with E-state index in [1.54, 1.807) is 0 Å². The maximum atomic E-state index is 15.8. The third-order valence-electron chi connectivity index (χ3n) is 7.52. The van der Waals surface area contributed by atoms with Crippen molar-refractivity contribution in [3.05, 3.63) is 35.9 Å². The molecule has 1 aromatic carbocycles. The van der Waals surface area contributed by atoms with Gasteiger partial charge in [0.05, 0.1) is 6.04 Å². The Labute approximate surface area is 219 Å². The first-order valence-corrected chi connectivity index (χ1v) is 14.8. The topological polar surface area (TPSA) is 46.6 Å². The highest BCUT2D eigenvalue weighted by atomic mass is 19.1. The molecule has 0 aromatic heterocycles. The zero-order chi connectivity index (χ0) is 26.0. The largest absolute Gasteiger partial charge is 0.447 e. The van der Waals surface area contributed by atoms with E-state index in [9.17, 15) is 9.59 Å². The lowest BCUT2D eigenvalue weighted by molar-refractivity contribution is -0.136. The quantitative estimate of drug-likeness (QED) is 0.167. The molecule has 0 radical (unpaired) electrons. The van der Waals surface area contributed by atoms with Crippen molar-refractivity contribution in [1.29, 1.82) is 0 Å². The molecule has 0 aliphatic carbocycles. The molecule has 0 saturated carbocycles. The fraction of sp³-hybridized carbons (Fsp3) is 0.742. The number of carbonyl (C=O) groups is 2. The summed E-state index contributed by atoms with van der Waals surface area (Å²) in [6.07, 6.45) is 16.0. The van der Waals surface area contributed by atoms with Crippen LogP contribution in [0.25, 0.3) is 0 Å². The van der Waals surface area contributed by atoms with E-state index >= 15 is 4.39 Å². The van der Waals surface area contributed by atoms with Gasteiger partial charge in [-0.15, -0.1) is 0 Å². The van der Waals surface area contributed by atoms with Crippen molar-refractivity contribution in [2.75, 3.05) is 6.61 Å². The van der Waals surface area contributed by atoms with Gasteiger partial charge in [-0.2, -0.15) is 0 Å². The van der Waals surface area contributed by atoms with Gasteiger partial charge in [0.25, 0.3) is 5.91 Å². The Balaban J connectivity index is 1.92. The van der Waals surface area contributed by atoms with Gasteiger partial charge in [0.15, 0.2) is 6.17 Å². The highest BCUT2D eigenvalue weighted by Crippen LogP contribution is 2.28. The van der Waals surface area contributed by atoms with Crippen molar-refractivity contribution >= 4 is 12.0 Å². The molecule has 2 rings (SSSR count). The standard InChI is InChI=1S/C31H50FNO3/c1-3-5-7-9-11-13-18-22-27(23-19-14-12-10-8-6-4-2)29(32)30(34)33-28(25-36-31(33)35)24-26-20-16-15-17-21-26/h15-17,20-21,27-29H,3-14,18-19,22-25H2,1-2H3/t28-,29-/m1/s1. The predicted molar refractivity (Wildman–Crippen MR) is 146 cm³/mol. The first-order chi connectivity index (χ1) is 17.6. The van der Waals surface area contributed by atoms with Crippen LogP contribution in [0.2, 0.25) is 0 Å². The molecule has 1 saturated heterocycles. The first kappa shape index (κ1) is 30.3. The Morgan fingerprint density at radius 2 is 1.36 bits per heavy atom.